The molecule has 0 spiro atoms. The fraction of sp³-hybridized carbons (Fsp3) is 0.857. The van der Waals surface area contributed by atoms with Crippen molar-refractivity contribution in [2.75, 3.05) is 0 Å². The van der Waals surface area contributed by atoms with Crippen molar-refractivity contribution in [3.63, 3.8) is 0 Å². The van der Waals surface area contributed by atoms with E-state index in [2.05, 4.69) is 44.7 Å². The van der Waals surface area contributed by atoms with Gasteiger partial charge in [0.1, 0.15) is 6.10 Å². The summed E-state index contributed by atoms with van der Waals surface area (Å²) < 4.78 is 5.97. The second kappa shape index (κ2) is 6.45. The van der Waals surface area contributed by atoms with Gasteiger partial charge in [-0.15, -0.1) is 0 Å². The molecule has 0 aromatic rings. The van der Waals surface area contributed by atoms with E-state index >= 15 is 0 Å². The fourth-order valence-corrected chi connectivity index (χ4v) is 3.22. The van der Waals surface area contributed by atoms with Crippen LogP contribution in [0.5, 0.6) is 0 Å². The standard InChI is InChI=1S/C14H29N3O3Si/c1-9(20-21(5,6)14(2,3)4)12(18)16-17-13(19)10-7-11(15)8-10/h9-11H,7-8,15H2,1-6H3,(H,16,18)(H,17,19). The second-order valence-electron chi connectivity index (χ2n) is 7.43. The monoisotopic (exact) mass is 315 g/mol. The number of carbonyl (C=O) groups is 2. The van der Waals surface area contributed by atoms with Crippen LogP contribution in [0, 0.1) is 5.92 Å². The van der Waals surface area contributed by atoms with Gasteiger partial charge in [0.25, 0.3) is 5.91 Å². The van der Waals surface area contributed by atoms with Crippen LogP contribution < -0.4 is 16.6 Å². The van der Waals surface area contributed by atoms with Crippen LogP contribution in [0.2, 0.25) is 18.1 Å². The van der Waals surface area contributed by atoms with Crippen LogP contribution in [0.15, 0.2) is 0 Å². The van der Waals surface area contributed by atoms with Gasteiger partial charge in [-0.3, -0.25) is 20.4 Å². The number of rotatable bonds is 4. The average molecular weight is 315 g/mol. The van der Waals surface area contributed by atoms with E-state index in [0.717, 1.165) is 0 Å². The molecule has 122 valence electrons. The van der Waals surface area contributed by atoms with Crippen molar-refractivity contribution in [2.24, 2.45) is 11.7 Å². The molecule has 0 saturated heterocycles. The van der Waals surface area contributed by atoms with Crippen LogP contribution in [0.3, 0.4) is 0 Å². The molecule has 0 aliphatic heterocycles. The van der Waals surface area contributed by atoms with E-state index in [1.807, 2.05) is 0 Å². The molecule has 0 radical (unpaired) electrons. The normalized spacial score (nSPS) is 24.0. The van der Waals surface area contributed by atoms with E-state index < -0.39 is 14.4 Å². The Morgan fingerprint density at radius 2 is 1.76 bits per heavy atom. The maximum absolute atomic E-state index is 12.0. The van der Waals surface area contributed by atoms with Gasteiger partial charge in [-0.2, -0.15) is 0 Å². The quantitative estimate of drug-likeness (QED) is 0.538. The number of nitrogens with two attached hydrogens (primary N) is 1. The topological polar surface area (TPSA) is 93.5 Å². The predicted molar refractivity (Wildman–Crippen MR) is 84.7 cm³/mol. The van der Waals surface area contributed by atoms with Crippen LogP contribution in [0.25, 0.3) is 0 Å². The van der Waals surface area contributed by atoms with Gasteiger partial charge in [0.2, 0.25) is 5.91 Å². The minimum atomic E-state index is -2.00. The first kappa shape index (κ1) is 18.1. The summed E-state index contributed by atoms with van der Waals surface area (Å²) in [6.07, 6.45) is 0.768. The van der Waals surface area contributed by atoms with Gasteiger partial charge in [-0.05, 0) is 37.9 Å². The van der Waals surface area contributed by atoms with Crippen molar-refractivity contribution in [3.8, 4) is 0 Å². The predicted octanol–water partition coefficient (Wildman–Crippen LogP) is 1.28. The largest absolute Gasteiger partial charge is 0.405 e. The Hall–Kier alpha value is -0.923. The molecule has 1 aliphatic carbocycles. The van der Waals surface area contributed by atoms with E-state index in [4.69, 9.17) is 10.2 Å². The van der Waals surface area contributed by atoms with Gasteiger partial charge in [-0.1, -0.05) is 20.8 Å². The lowest BCUT2D eigenvalue weighted by atomic mass is 9.80. The highest BCUT2D eigenvalue weighted by Gasteiger charge is 2.39. The lowest BCUT2D eigenvalue weighted by Crippen LogP contribution is -2.54. The Morgan fingerprint density at radius 1 is 1.24 bits per heavy atom. The highest BCUT2D eigenvalue weighted by Crippen LogP contribution is 2.37. The first-order chi connectivity index (χ1) is 9.44. The summed E-state index contributed by atoms with van der Waals surface area (Å²) in [4.78, 5) is 23.7. The summed E-state index contributed by atoms with van der Waals surface area (Å²) in [6.45, 7) is 12.2. The average Bonchev–Trinajstić information content (AvgIpc) is 2.29. The Labute approximate surface area is 128 Å². The number of amides is 2. The molecule has 21 heavy (non-hydrogen) atoms. The van der Waals surface area contributed by atoms with Crippen molar-refractivity contribution < 1.29 is 14.0 Å². The minimum Gasteiger partial charge on any atom is -0.405 e. The maximum atomic E-state index is 12.0. The van der Waals surface area contributed by atoms with Crippen LogP contribution >= 0.6 is 0 Å². The molecule has 0 aromatic carbocycles. The Kier molecular flexibility index (Phi) is 5.57. The zero-order chi connectivity index (χ0) is 16.4. The fourth-order valence-electron chi connectivity index (χ4n) is 1.88. The number of carbonyl (C=O) groups excluding carboxylic acids is 2. The van der Waals surface area contributed by atoms with Gasteiger partial charge in [0, 0.05) is 12.0 Å². The van der Waals surface area contributed by atoms with Crippen LogP contribution in [-0.4, -0.2) is 32.3 Å². The lowest BCUT2D eigenvalue weighted by Gasteiger charge is -2.38. The molecule has 4 N–H and O–H groups in total. The molecule has 7 heteroatoms. The first-order valence-corrected chi connectivity index (χ1v) is 10.4. The van der Waals surface area contributed by atoms with E-state index in [-0.39, 0.29) is 28.8 Å². The number of hydrogen-bond acceptors (Lipinski definition) is 4. The molecule has 1 rings (SSSR count). The molecule has 6 nitrogen and oxygen atoms in total. The third-order valence-electron chi connectivity index (χ3n) is 4.50. The van der Waals surface area contributed by atoms with Crippen molar-refractivity contribution in [1.82, 2.24) is 10.9 Å². The molecule has 1 atom stereocenters. The Bertz CT molecular complexity index is 401. The van der Waals surface area contributed by atoms with Gasteiger partial charge in [0.05, 0.1) is 0 Å². The van der Waals surface area contributed by atoms with Crippen molar-refractivity contribution in [2.45, 2.75) is 70.8 Å². The highest BCUT2D eigenvalue weighted by atomic mass is 28.4. The number of hydrazine groups is 1. The molecule has 1 unspecified atom stereocenters. The van der Waals surface area contributed by atoms with Crippen LogP contribution in [-0.2, 0) is 14.0 Å². The summed E-state index contributed by atoms with van der Waals surface area (Å²) in [6, 6.07) is 0.109. The molecule has 0 bridgehead atoms. The summed E-state index contributed by atoms with van der Waals surface area (Å²) in [5.41, 5.74) is 10.5. The zero-order valence-corrected chi connectivity index (χ0v) is 14.9. The first-order valence-electron chi connectivity index (χ1n) is 7.47. The Morgan fingerprint density at radius 3 is 2.19 bits per heavy atom. The molecular weight excluding hydrogens is 286 g/mol. The number of hydrogen-bond donors (Lipinski definition) is 3. The summed E-state index contributed by atoms with van der Waals surface area (Å²) in [5, 5.41) is 0.0346. The molecule has 0 aromatic heterocycles. The van der Waals surface area contributed by atoms with E-state index in [9.17, 15) is 9.59 Å². The highest BCUT2D eigenvalue weighted by molar-refractivity contribution is 6.74. The van der Waals surface area contributed by atoms with Crippen molar-refractivity contribution >= 4 is 20.1 Å². The van der Waals surface area contributed by atoms with Crippen LogP contribution in [0.1, 0.15) is 40.5 Å². The molecule has 1 saturated carbocycles. The maximum Gasteiger partial charge on any atom is 0.265 e. The van der Waals surface area contributed by atoms with Gasteiger partial charge in [-0.25, -0.2) is 0 Å². The van der Waals surface area contributed by atoms with Crippen molar-refractivity contribution in [3.05, 3.63) is 0 Å². The smallest absolute Gasteiger partial charge is 0.265 e. The van der Waals surface area contributed by atoms with E-state index in [0.29, 0.717) is 12.8 Å². The molecule has 1 aliphatic rings. The van der Waals surface area contributed by atoms with Gasteiger partial charge >= 0.3 is 0 Å². The molecule has 0 heterocycles. The third-order valence-corrected chi connectivity index (χ3v) is 9.06. The lowest BCUT2D eigenvalue weighted by molar-refractivity contribution is -0.136. The molecule has 2 amide bonds. The minimum absolute atomic E-state index is 0.0346. The van der Waals surface area contributed by atoms with Crippen molar-refractivity contribution in [1.29, 1.82) is 0 Å². The van der Waals surface area contributed by atoms with Gasteiger partial charge < -0.3 is 10.2 Å². The second-order valence-corrected chi connectivity index (χ2v) is 12.2. The molecular formula is C14H29N3O3Si. The van der Waals surface area contributed by atoms with Gasteiger partial charge in [0.15, 0.2) is 8.32 Å². The summed E-state index contributed by atoms with van der Waals surface area (Å²) >= 11 is 0. The Balaban J connectivity index is 2.39. The summed E-state index contributed by atoms with van der Waals surface area (Å²) in [5.74, 6) is -0.585. The third kappa shape index (κ3) is 4.79. The SMILES string of the molecule is CC(O[Si](C)(C)C(C)(C)C)C(=O)NNC(=O)C1CC(N)C1. The van der Waals surface area contributed by atoms with Crippen LogP contribution in [0.4, 0.5) is 0 Å². The zero-order valence-electron chi connectivity index (χ0n) is 13.9. The van der Waals surface area contributed by atoms with E-state index in [1.54, 1.807) is 6.92 Å². The molecule has 1 fully saturated rings. The number of nitrogens with one attached hydrogen (secondary N) is 2. The van der Waals surface area contributed by atoms with E-state index in [1.165, 1.54) is 0 Å². The summed E-state index contributed by atoms with van der Waals surface area (Å²) in [7, 11) is -2.00.